The average molecular weight is 832 g/mol. The summed E-state index contributed by atoms with van der Waals surface area (Å²) in [6.45, 7) is 6.31. The quantitative estimate of drug-likeness (QED) is 0.111. The van der Waals surface area contributed by atoms with Gasteiger partial charge in [0, 0.05) is 49.8 Å². The van der Waals surface area contributed by atoms with Crippen molar-refractivity contribution in [3.63, 3.8) is 0 Å². The molecule has 0 radical (unpaired) electrons. The predicted octanol–water partition coefficient (Wildman–Crippen LogP) is 15.0. The highest BCUT2D eigenvalue weighted by molar-refractivity contribution is 6.14. The summed E-state index contributed by atoms with van der Waals surface area (Å²) in [5.41, 5.74) is 15.4. The number of fused-ring (bicyclic) bond motifs is 6. The highest BCUT2D eigenvalue weighted by atomic mass is 15.0. The molecule has 5 heteroatoms. The second-order valence-corrected chi connectivity index (χ2v) is 16.2. The lowest BCUT2D eigenvalue weighted by Crippen LogP contribution is -2.05. The molecule has 9 aromatic carbocycles. The first-order valence-corrected chi connectivity index (χ1v) is 21.7. The van der Waals surface area contributed by atoms with E-state index in [1.807, 2.05) is 85.8 Å². The van der Waals surface area contributed by atoms with Gasteiger partial charge in [0.2, 0.25) is 0 Å². The number of nitrogens with zero attached hydrogens (tertiary/aromatic N) is 5. The molecule has 0 spiro atoms. The van der Waals surface area contributed by atoms with Crippen molar-refractivity contribution in [1.82, 2.24) is 9.13 Å². The number of hydrogen-bond acceptors (Lipinski definition) is 2. The van der Waals surface area contributed by atoms with Crippen LogP contribution in [0, 0.1) is 11.3 Å². The number of hydrogen-bond donors (Lipinski definition) is 0. The normalized spacial score (nSPS) is 12.0. The van der Waals surface area contributed by atoms with Gasteiger partial charge in [-0.15, -0.1) is 0 Å². The molecule has 306 valence electrons. The van der Waals surface area contributed by atoms with Crippen molar-refractivity contribution < 1.29 is 0 Å². The van der Waals surface area contributed by atoms with Crippen molar-refractivity contribution in [2.45, 2.75) is 6.92 Å². The van der Waals surface area contributed by atoms with Gasteiger partial charge in [-0.05, 0) is 108 Å². The third kappa shape index (κ3) is 7.10. The zero-order chi connectivity index (χ0) is 43.9. The molecule has 5 nitrogen and oxygen atoms in total. The van der Waals surface area contributed by atoms with Crippen LogP contribution in [0.3, 0.4) is 0 Å². The zero-order valence-corrected chi connectivity index (χ0v) is 35.7. The van der Waals surface area contributed by atoms with Gasteiger partial charge in [-0.25, -0.2) is 9.98 Å². The third-order valence-corrected chi connectivity index (χ3v) is 12.3. The number of nitriles is 1. The molecule has 0 aliphatic carbocycles. The van der Waals surface area contributed by atoms with Gasteiger partial charge in [0.25, 0.3) is 0 Å². The molecule has 0 aliphatic rings. The van der Waals surface area contributed by atoms with E-state index in [2.05, 4.69) is 161 Å². The highest BCUT2D eigenvalue weighted by Crippen LogP contribution is 2.38. The molecule has 0 saturated heterocycles. The standard InChI is InChI=1S/C60H41N5/c1-40(42-16-6-3-7-17-42)62-60(63-41(2)43-18-8-4-9-19-43)47-26-27-48(39-61)54(37-47)46-30-34-53-51-22-12-14-24-56(51)65(59(53)38-46)50-32-28-44(29-33-50)45-31-35-58-55(36-45)52-23-13-15-25-57(52)64(58)49-20-10-5-11-21-49/h3-38H,1H2,2H3. The maximum atomic E-state index is 10.5. The Balaban J connectivity index is 1.01. The molecular formula is C60H41N5. The molecule has 11 aromatic rings. The van der Waals surface area contributed by atoms with Gasteiger partial charge in [-0.1, -0.05) is 152 Å². The summed E-state index contributed by atoms with van der Waals surface area (Å²) in [7, 11) is 0. The fraction of sp³-hybridized carbons (Fsp3) is 0.0167. The van der Waals surface area contributed by atoms with Gasteiger partial charge in [-0.2, -0.15) is 5.26 Å². The molecule has 0 fully saturated rings. The Morgan fingerprint density at radius 1 is 0.431 bits per heavy atom. The first-order valence-electron chi connectivity index (χ1n) is 21.7. The lowest BCUT2D eigenvalue weighted by Gasteiger charge is -2.12. The van der Waals surface area contributed by atoms with Crippen molar-refractivity contribution in [3.8, 4) is 39.7 Å². The Bertz CT molecular complexity index is 3720. The summed E-state index contributed by atoms with van der Waals surface area (Å²) in [6, 6.07) is 78.2. The van der Waals surface area contributed by atoms with Crippen LogP contribution in [0.2, 0.25) is 0 Å². The molecule has 0 atom stereocenters. The fourth-order valence-corrected chi connectivity index (χ4v) is 9.13. The molecule has 0 N–H and O–H groups in total. The van der Waals surface area contributed by atoms with Gasteiger partial charge in [-0.3, -0.25) is 0 Å². The molecule has 2 aromatic heterocycles. The van der Waals surface area contributed by atoms with Crippen molar-refractivity contribution in [2.75, 3.05) is 0 Å². The van der Waals surface area contributed by atoms with Crippen molar-refractivity contribution >= 4 is 60.9 Å². The Morgan fingerprint density at radius 3 is 1.66 bits per heavy atom. The second kappa shape index (κ2) is 16.4. The molecule has 11 rings (SSSR count). The number of aliphatic imine (C=N–C) groups is 2. The molecule has 0 amide bonds. The smallest absolute Gasteiger partial charge is 0.160 e. The average Bonchev–Trinajstić information content (AvgIpc) is 3.89. The van der Waals surface area contributed by atoms with E-state index < -0.39 is 0 Å². The minimum absolute atomic E-state index is 0.516. The van der Waals surface area contributed by atoms with Crippen LogP contribution in [0.4, 0.5) is 0 Å². The highest BCUT2D eigenvalue weighted by Gasteiger charge is 2.18. The van der Waals surface area contributed by atoms with Gasteiger partial charge in [0.05, 0.1) is 39.4 Å². The van der Waals surface area contributed by atoms with E-state index in [4.69, 9.17) is 9.98 Å². The summed E-state index contributed by atoms with van der Waals surface area (Å²) < 4.78 is 4.68. The molecule has 65 heavy (non-hydrogen) atoms. The Kier molecular flexibility index (Phi) is 9.88. The summed E-state index contributed by atoms with van der Waals surface area (Å²) in [5, 5.41) is 15.3. The summed E-state index contributed by atoms with van der Waals surface area (Å²) in [6.07, 6.45) is 0. The van der Waals surface area contributed by atoms with Crippen LogP contribution in [0.1, 0.15) is 29.2 Å². The molecule has 0 aliphatic heterocycles. The van der Waals surface area contributed by atoms with Crippen molar-refractivity contribution in [3.05, 3.63) is 247 Å². The van der Waals surface area contributed by atoms with Crippen molar-refractivity contribution in [2.24, 2.45) is 9.98 Å². The van der Waals surface area contributed by atoms with E-state index >= 15 is 0 Å². The number of para-hydroxylation sites is 3. The SMILES string of the molecule is C=C(N=C(N=C(C)c1ccccc1)c1ccc(C#N)c(-c2ccc3c4ccccc4n(-c4ccc(-c5ccc6c(c5)c5ccccc5n6-c5ccccc5)cc4)c3c2)c1)c1ccccc1. The summed E-state index contributed by atoms with van der Waals surface area (Å²) >= 11 is 0. The van der Waals surface area contributed by atoms with Crippen LogP contribution >= 0.6 is 0 Å². The Morgan fingerprint density at radius 2 is 0.969 bits per heavy atom. The lowest BCUT2D eigenvalue weighted by molar-refractivity contribution is 1.18. The molecule has 0 bridgehead atoms. The van der Waals surface area contributed by atoms with Crippen LogP contribution in [-0.4, -0.2) is 20.7 Å². The van der Waals surface area contributed by atoms with Crippen LogP contribution in [0.25, 0.3) is 82.9 Å². The lowest BCUT2D eigenvalue weighted by atomic mass is 9.96. The van der Waals surface area contributed by atoms with Gasteiger partial charge in [0.15, 0.2) is 5.84 Å². The second-order valence-electron chi connectivity index (χ2n) is 16.2. The zero-order valence-electron chi connectivity index (χ0n) is 35.7. The van der Waals surface area contributed by atoms with E-state index in [1.54, 1.807) is 0 Å². The van der Waals surface area contributed by atoms with Crippen LogP contribution in [0.15, 0.2) is 235 Å². The van der Waals surface area contributed by atoms with E-state index in [9.17, 15) is 5.26 Å². The molecule has 0 unspecified atom stereocenters. The Labute approximate surface area is 377 Å². The number of benzene rings is 9. The maximum Gasteiger partial charge on any atom is 0.160 e. The van der Waals surface area contributed by atoms with E-state index in [-0.39, 0.29) is 0 Å². The maximum absolute atomic E-state index is 10.5. The van der Waals surface area contributed by atoms with E-state index in [0.29, 0.717) is 17.1 Å². The van der Waals surface area contributed by atoms with Gasteiger partial charge < -0.3 is 9.13 Å². The number of aromatic nitrogens is 2. The fourth-order valence-electron chi connectivity index (χ4n) is 9.13. The largest absolute Gasteiger partial charge is 0.309 e. The van der Waals surface area contributed by atoms with Crippen LogP contribution in [0.5, 0.6) is 0 Å². The number of amidine groups is 1. The van der Waals surface area contributed by atoms with Gasteiger partial charge >= 0.3 is 0 Å². The molecule has 2 heterocycles. The third-order valence-electron chi connectivity index (χ3n) is 12.3. The molecular weight excluding hydrogens is 791 g/mol. The first-order chi connectivity index (χ1) is 32.0. The minimum atomic E-state index is 0.516. The van der Waals surface area contributed by atoms with E-state index in [0.717, 1.165) is 77.8 Å². The van der Waals surface area contributed by atoms with Gasteiger partial charge in [0.1, 0.15) is 0 Å². The van der Waals surface area contributed by atoms with Crippen LogP contribution in [-0.2, 0) is 0 Å². The predicted molar refractivity (Wildman–Crippen MR) is 271 cm³/mol. The summed E-state index contributed by atoms with van der Waals surface area (Å²) in [5.74, 6) is 0.516. The van der Waals surface area contributed by atoms with Crippen molar-refractivity contribution in [1.29, 1.82) is 5.26 Å². The Hall–Kier alpha value is -8.85. The van der Waals surface area contributed by atoms with E-state index in [1.165, 1.54) is 21.8 Å². The molecule has 0 saturated carbocycles. The minimum Gasteiger partial charge on any atom is -0.309 e. The van der Waals surface area contributed by atoms with Crippen LogP contribution < -0.4 is 0 Å². The summed E-state index contributed by atoms with van der Waals surface area (Å²) in [4.78, 5) is 10.1. The number of rotatable bonds is 8. The topological polar surface area (TPSA) is 58.4 Å². The monoisotopic (exact) mass is 831 g/mol. The first kappa shape index (κ1) is 39.0.